The number of hydrogen-bond acceptors (Lipinski definition) is 6. The third-order valence-corrected chi connectivity index (χ3v) is 5.77. The maximum absolute atomic E-state index is 11.4. The molecule has 0 saturated carbocycles. The lowest BCUT2D eigenvalue weighted by Crippen LogP contribution is -2.46. The molecule has 1 fully saturated rings. The summed E-state index contributed by atoms with van der Waals surface area (Å²) >= 11 is 1.59. The van der Waals surface area contributed by atoms with Crippen molar-refractivity contribution < 1.29 is 8.42 Å². The molecule has 0 amide bonds. The van der Waals surface area contributed by atoms with Gasteiger partial charge in [0.25, 0.3) is 0 Å². The van der Waals surface area contributed by atoms with Gasteiger partial charge in [-0.2, -0.15) is 0 Å². The second-order valence-electron chi connectivity index (χ2n) is 6.38. The molecular weight excluding hydrogens is 356 g/mol. The Morgan fingerprint density at radius 1 is 1.28 bits per heavy atom. The van der Waals surface area contributed by atoms with Crippen molar-refractivity contribution in [1.29, 1.82) is 0 Å². The van der Waals surface area contributed by atoms with Gasteiger partial charge in [-0.1, -0.05) is 24.6 Å². The highest BCUT2D eigenvalue weighted by atomic mass is 32.2. The van der Waals surface area contributed by atoms with Crippen LogP contribution in [0.3, 0.4) is 0 Å². The van der Waals surface area contributed by atoms with Crippen LogP contribution >= 0.6 is 11.3 Å². The minimum atomic E-state index is -3.15. The van der Waals surface area contributed by atoms with Gasteiger partial charge in [0.15, 0.2) is 5.13 Å². The van der Waals surface area contributed by atoms with Crippen LogP contribution in [0.5, 0.6) is 0 Å². The average Bonchev–Trinajstić information content (AvgIpc) is 3.01. The first-order valence-electron chi connectivity index (χ1n) is 8.45. The van der Waals surface area contributed by atoms with Crippen LogP contribution in [0.4, 0.5) is 10.8 Å². The Hall–Kier alpha value is -1.48. The van der Waals surface area contributed by atoms with Crippen LogP contribution in [0.2, 0.25) is 0 Å². The van der Waals surface area contributed by atoms with Gasteiger partial charge in [0.1, 0.15) is 0 Å². The summed E-state index contributed by atoms with van der Waals surface area (Å²) in [7, 11) is -3.15. The number of thiazole rings is 1. The third-order valence-electron chi connectivity index (χ3n) is 4.27. The van der Waals surface area contributed by atoms with E-state index in [1.807, 2.05) is 30.3 Å². The third kappa shape index (κ3) is 5.78. The first-order chi connectivity index (χ1) is 12.0. The van der Waals surface area contributed by atoms with Gasteiger partial charge in [0.2, 0.25) is 10.0 Å². The Labute approximate surface area is 153 Å². The predicted molar refractivity (Wildman–Crippen MR) is 103 cm³/mol. The molecule has 1 aliphatic heterocycles. The summed E-state index contributed by atoms with van der Waals surface area (Å²) in [6, 6.07) is 10.2. The fourth-order valence-electron chi connectivity index (χ4n) is 3.04. The Balaban J connectivity index is 1.60. The van der Waals surface area contributed by atoms with E-state index in [-0.39, 0.29) is 6.04 Å². The molecule has 0 spiro atoms. The summed E-state index contributed by atoms with van der Waals surface area (Å²) in [5.41, 5.74) is 2.05. The number of piperidine rings is 1. The maximum Gasteiger partial charge on any atom is 0.208 e. The standard InChI is InChI=1S/C17H24N4O2S2/c1-25(22,23)18-11-16-9-5-6-10-21(16)12-15-13-24-17(20-15)19-14-7-3-2-4-8-14/h2-4,7-8,13,16,18H,5-6,9-12H2,1H3,(H,19,20). The normalized spacial score (nSPS) is 19.0. The molecule has 25 heavy (non-hydrogen) atoms. The van der Waals surface area contributed by atoms with Crippen LogP contribution in [0.25, 0.3) is 0 Å². The quantitative estimate of drug-likeness (QED) is 0.773. The second kappa shape index (κ2) is 8.27. The number of hydrogen-bond donors (Lipinski definition) is 2. The number of likely N-dealkylation sites (tertiary alicyclic amines) is 1. The second-order valence-corrected chi connectivity index (χ2v) is 9.07. The number of anilines is 2. The lowest BCUT2D eigenvalue weighted by atomic mass is 10.0. The van der Waals surface area contributed by atoms with E-state index in [4.69, 9.17) is 0 Å². The van der Waals surface area contributed by atoms with E-state index >= 15 is 0 Å². The van der Waals surface area contributed by atoms with Crippen molar-refractivity contribution in [3.05, 3.63) is 41.4 Å². The SMILES string of the molecule is CS(=O)(=O)NCC1CCCCN1Cc1csc(Nc2ccccc2)n1. The number of nitrogens with one attached hydrogen (secondary N) is 2. The van der Waals surface area contributed by atoms with Crippen molar-refractivity contribution in [3.8, 4) is 0 Å². The number of nitrogens with zero attached hydrogens (tertiary/aromatic N) is 2. The molecule has 136 valence electrons. The lowest BCUT2D eigenvalue weighted by Gasteiger charge is -2.35. The summed E-state index contributed by atoms with van der Waals surface area (Å²) in [4.78, 5) is 7.01. The van der Waals surface area contributed by atoms with Gasteiger partial charge in [0, 0.05) is 30.2 Å². The van der Waals surface area contributed by atoms with Gasteiger partial charge < -0.3 is 5.32 Å². The fourth-order valence-corrected chi connectivity index (χ4v) is 4.25. The van der Waals surface area contributed by atoms with Gasteiger partial charge in [-0.05, 0) is 31.5 Å². The molecule has 0 radical (unpaired) electrons. The van der Waals surface area contributed by atoms with Crippen LogP contribution < -0.4 is 10.0 Å². The number of rotatable bonds is 7. The zero-order valence-corrected chi connectivity index (χ0v) is 15.9. The van der Waals surface area contributed by atoms with Crippen molar-refractivity contribution in [1.82, 2.24) is 14.6 Å². The molecule has 6 nitrogen and oxygen atoms in total. The minimum absolute atomic E-state index is 0.232. The molecule has 1 atom stereocenters. The topological polar surface area (TPSA) is 74.3 Å². The van der Waals surface area contributed by atoms with Crippen LogP contribution in [-0.2, 0) is 16.6 Å². The maximum atomic E-state index is 11.4. The summed E-state index contributed by atoms with van der Waals surface area (Å²) < 4.78 is 25.4. The van der Waals surface area contributed by atoms with E-state index in [1.165, 1.54) is 6.26 Å². The van der Waals surface area contributed by atoms with Crippen LogP contribution in [0, 0.1) is 0 Å². The van der Waals surface area contributed by atoms with Gasteiger partial charge >= 0.3 is 0 Å². The Kier molecular flexibility index (Phi) is 6.06. The zero-order valence-electron chi connectivity index (χ0n) is 14.3. The Morgan fingerprint density at radius 2 is 2.08 bits per heavy atom. The molecule has 1 aromatic heterocycles. The van der Waals surface area contributed by atoms with E-state index in [0.29, 0.717) is 6.54 Å². The van der Waals surface area contributed by atoms with Gasteiger partial charge in [-0.25, -0.2) is 18.1 Å². The molecule has 1 unspecified atom stereocenters. The van der Waals surface area contributed by atoms with Gasteiger partial charge in [-0.15, -0.1) is 11.3 Å². The van der Waals surface area contributed by atoms with Gasteiger partial charge in [0.05, 0.1) is 11.9 Å². The van der Waals surface area contributed by atoms with Crippen LogP contribution in [0.15, 0.2) is 35.7 Å². The summed E-state index contributed by atoms with van der Waals surface area (Å²) in [6.45, 7) is 2.20. The molecule has 1 saturated heterocycles. The summed E-state index contributed by atoms with van der Waals surface area (Å²) in [5, 5.41) is 6.26. The molecular formula is C17H24N4O2S2. The summed E-state index contributed by atoms with van der Waals surface area (Å²) in [5.74, 6) is 0. The van der Waals surface area contributed by atoms with E-state index in [2.05, 4.69) is 25.3 Å². The van der Waals surface area contributed by atoms with Crippen molar-refractivity contribution in [2.75, 3.05) is 24.7 Å². The van der Waals surface area contributed by atoms with Crippen molar-refractivity contribution in [2.24, 2.45) is 0 Å². The molecule has 0 aliphatic carbocycles. The van der Waals surface area contributed by atoms with Crippen molar-refractivity contribution in [3.63, 3.8) is 0 Å². The Bertz CT molecular complexity index is 777. The average molecular weight is 381 g/mol. The monoisotopic (exact) mass is 380 g/mol. The molecule has 0 bridgehead atoms. The molecule has 8 heteroatoms. The van der Waals surface area contributed by atoms with E-state index in [1.54, 1.807) is 11.3 Å². The van der Waals surface area contributed by atoms with E-state index in [9.17, 15) is 8.42 Å². The lowest BCUT2D eigenvalue weighted by molar-refractivity contribution is 0.140. The fraction of sp³-hybridized carbons (Fsp3) is 0.471. The van der Waals surface area contributed by atoms with E-state index in [0.717, 1.165) is 48.9 Å². The molecule has 3 rings (SSSR count). The zero-order chi connectivity index (χ0) is 17.7. The number of para-hydroxylation sites is 1. The first kappa shape index (κ1) is 18.3. The Morgan fingerprint density at radius 3 is 2.84 bits per heavy atom. The summed E-state index contributed by atoms with van der Waals surface area (Å²) in [6.07, 6.45) is 4.52. The number of sulfonamides is 1. The predicted octanol–water partition coefficient (Wildman–Crippen LogP) is 2.79. The van der Waals surface area contributed by atoms with Gasteiger partial charge in [-0.3, -0.25) is 4.90 Å². The molecule has 1 aliphatic rings. The molecule has 1 aromatic carbocycles. The number of benzene rings is 1. The highest BCUT2D eigenvalue weighted by molar-refractivity contribution is 7.88. The molecule has 2 heterocycles. The largest absolute Gasteiger partial charge is 0.332 e. The van der Waals surface area contributed by atoms with Crippen LogP contribution in [0.1, 0.15) is 25.0 Å². The number of aromatic nitrogens is 1. The molecule has 2 aromatic rings. The van der Waals surface area contributed by atoms with Crippen molar-refractivity contribution in [2.45, 2.75) is 31.8 Å². The minimum Gasteiger partial charge on any atom is -0.332 e. The highest BCUT2D eigenvalue weighted by Gasteiger charge is 2.24. The van der Waals surface area contributed by atoms with Crippen LogP contribution in [-0.4, -0.2) is 43.7 Å². The smallest absolute Gasteiger partial charge is 0.208 e. The molecule has 2 N–H and O–H groups in total. The van der Waals surface area contributed by atoms with Crippen molar-refractivity contribution >= 4 is 32.2 Å². The highest BCUT2D eigenvalue weighted by Crippen LogP contribution is 2.24. The first-order valence-corrected chi connectivity index (χ1v) is 11.2. The van der Waals surface area contributed by atoms with E-state index < -0.39 is 10.0 Å².